The van der Waals surface area contributed by atoms with Crippen LogP contribution in [0.1, 0.15) is 53.0 Å². The quantitative estimate of drug-likeness (QED) is 0.102. The van der Waals surface area contributed by atoms with Gasteiger partial charge in [0.2, 0.25) is 5.76 Å². The van der Waals surface area contributed by atoms with E-state index in [4.69, 9.17) is 31.2 Å². The summed E-state index contributed by atoms with van der Waals surface area (Å²) in [4.78, 5) is 28.4. The van der Waals surface area contributed by atoms with Crippen molar-refractivity contribution < 1.29 is 28.5 Å². The fourth-order valence-corrected chi connectivity index (χ4v) is 3.43. The largest absolute Gasteiger partial charge is 0.493 e. The van der Waals surface area contributed by atoms with E-state index < -0.39 is 24.1 Å². The molecule has 0 amide bonds. The van der Waals surface area contributed by atoms with E-state index in [2.05, 4.69) is 17.0 Å². The van der Waals surface area contributed by atoms with Gasteiger partial charge in [-0.2, -0.15) is 0 Å². The van der Waals surface area contributed by atoms with Crippen LogP contribution in [0.5, 0.6) is 5.75 Å². The molecule has 0 spiro atoms. The zero-order valence-corrected chi connectivity index (χ0v) is 22.4. The van der Waals surface area contributed by atoms with Crippen molar-refractivity contribution in [3.05, 3.63) is 53.1 Å². The third-order valence-corrected chi connectivity index (χ3v) is 5.26. The molecule has 192 valence electrons. The number of esters is 2. The van der Waals surface area contributed by atoms with Gasteiger partial charge in [-0.15, -0.1) is 0 Å². The highest BCUT2D eigenvalue weighted by atomic mass is 32.1. The second-order valence-corrected chi connectivity index (χ2v) is 8.29. The third kappa shape index (κ3) is 9.52. The Hall–Kier alpha value is -3.20. The van der Waals surface area contributed by atoms with Crippen molar-refractivity contribution >= 4 is 35.9 Å². The fourth-order valence-electron chi connectivity index (χ4n) is 3.10. The maximum Gasteiger partial charge on any atom is 0.328 e. The number of hydrogen-bond donors (Lipinski definition) is 1. The number of benzene rings is 1. The molecule has 9 heteroatoms. The second kappa shape index (κ2) is 14.9. The number of nitrogens with zero attached hydrogens (tertiary/aromatic N) is 1. The van der Waals surface area contributed by atoms with Gasteiger partial charge in [-0.25, -0.2) is 4.79 Å². The topological polar surface area (TPSA) is 95.5 Å². The van der Waals surface area contributed by atoms with Gasteiger partial charge in [0.15, 0.2) is 5.76 Å². The van der Waals surface area contributed by atoms with Crippen LogP contribution in [0.4, 0.5) is 0 Å². The van der Waals surface area contributed by atoms with E-state index in [-0.39, 0.29) is 28.3 Å². The summed E-state index contributed by atoms with van der Waals surface area (Å²) >= 11 is 5.41. The fraction of sp³-hybridized carbons (Fsp3) is 0.462. The Labute approximate surface area is 213 Å². The molecule has 0 saturated carbocycles. The van der Waals surface area contributed by atoms with Gasteiger partial charge >= 0.3 is 11.9 Å². The van der Waals surface area contributed by atoms with Crippen molar-refractivity contribution in [2.24, 2.45) is 4.99 Å². The van der Waals surface area contributed by atoms with E-state index in [0.717, 1.165) is 12.0 Å². The lowest BCUT2D eigenvalue weighted by Crippen LogP contribution is -2.43. The maximum absolute atomic E-state index is 12.8. The van der Waals surface area contributed by atoms with Crippen LogP contribution in [0.25, 0.3) is 0 Å². The Bertz CT molecular complexity index is 955. The molecule has 35 heavy (non-hydrogen) atoms. The third-order valence-electron chi connectivity index (χ3n) is 4.95. The molecule has 1 rings (SSSR count). The van der Waals surface area contributed by atoms with E-state index >= 15 is 0 Å². The molecule has 3 atom stereocenters. The number of aliphatic imine (C=N–C) groups is 1. The molecule has 1 N–H and O–H groups in total. The standard InChI is InChI=1S/C26H36N2O6S/c1-9-11-22(34-20-14-12-16(3)13-15-20)18(5)32-26(30)17(4)28-25(35)23(27-7)24(33-19(6)29)21(10-2)31-8/h10,12-15,17-18,22H,7,9,11H2,1-6,8H3,(H,28,35)/b21-10+,24-23+/t17-,18-,22+/m0/s1. The Balaban J connectivity index is 2.96. The van der Waals surface area contributed by atoms with Crippen LogP contribution in [0.3, 0.4) is 0 Å². The number of carbonyl (C=O) groups is 2. The lowest BCUT2D eigenvalue weighted by molar-refractivity contribution is -0.154. The molecule has 0 radical (unpaired) electrons. The molecule has 0 bridgehead atoms. The van der Waals surface area contributed by atoms with Gasteiger partial charge in [-0.1, -0.05) is 43.3 Å². The molecule has 0 saturated heterocycles. The summed E-state index contributed by atoms with van der Waals surface area (Å²) in [5.74, 6) is -0.155. The second-order valence-electron chi connectivity index (χ2n) is 7.88. The molecule has 0 heterocycles. The van der Waals surface area contributed by atoms with Gasteiger partial charge in [0, 0.05) is 6.92 Å². The Morgan fingerprint density at radius 1 is 1.23 bits per heavy atom. The normalized spacial score (nSPS) is 14.5. The summed E-state index contributed by atoms with van der Waals surface area (Å²) in [6.07, 6.45) is 2.35. The lowest BCUT2D eigenvalue weighted by atomic mass is 10.1. The summed E-state index contributed by atoms with van der Waals surface area (Å²) in [5, 5.41) is 2.87. The summed E-state index contributed by atoms with van der Waals surface area (Å²) < 4.78 is 22.3. The Kier molecular flexibility index (Phi) is 12.7. The minimum Gasteiger partial charge on any atom is -0.493 e. The van der Waals surface area contributed by atoms with Gasteiger partial charge in [-0.05, 0) is 59.0 Å². The van der Waals surface area contributed by atoms with Gasteiger partial charge in [0.05, 0.1) is 7.11 Å². The number of hydrogen-bond acceptors (Lipinski definition) is 8. The number of thiocarbonyl (C=S) groups is 1. The molecule has 0 aliphatic rings. The first kappa shape index (κ1) is 29.8. The van der Waals surface area contributed by atoms with Crippen molar-refractivity contribution in [1.82, 2.24) is 5.32 Å². The molecule has 1 aromatic rings. The number of methoxy groups -OCH3 is 1. The predicted octanol–water partition coefficient (Wildman–Crippen LogP) is 4.81. The molecule has 1 aromatic carbocycles. The van der Waals surface area contributed by atoms with Crippen LogP contribution in [0.2, 0.25) is 0 Å². The highest BCUT2D eigenvalue weighted by molar-refractivity contribution is 7.80. The smallest absolute Gasteiger partial charge is 0.328 e. The van der Waals surface area contributed by atoms with Gasteiger partial charge in [-0.3, -0.25) is 9.79 Å². The van der Waals surface area contributed by atoms with Crippen molar-refractivity contribution in [2.45, 2.75) is 72.6 Å². The highest BCUT2D eigenvalue weighted by Crippen LogP contribution is 2.21. The number of aryl methyl sites for hydroxylation is 1. The van der Waals surface area contributed by atoms with E-state index in [1.807, 2.05) is 38.1 Å². The van der Waals surface area contributed by atoms with Crippen molar-refractivity contribution in [3.63, 3.8) is 0 Å². The summed E-state index contributed by atoms with van der Waals surface area (Å²) in [7, 11) is 1.42. The highest BCUT2D eigenvalue weighted by Gasteiger charge is 2.27. The lowest BCUT2D eigenvalue weighted by Gasteiger charge is -2.26. The molecular weight excluding hydrogens is 468 g/mol. The van der Waals surface area contributed by atoms with Crippen LogP contribution < -0.4 is 10.1 Å². The Morgan fingerprint density at radius 3 is 2.34 bits per heavy atom. The zero-order chi connectivity index (χ0) is 26.5. The minimum absolute atomic E-state index is 0.00144. The van der Waals surface area contributed by atoms with Crippen molar-refractivity contribution in [2.75, 3.05) is 7.11 Å². The monoisotopic (exact) mass is 504 g/mol. The molecule has 0 unspecified atom stereocenters. The van der Waals surface area contributed by atoms with Crippen molar-refractivity contribution in [1.29, 1.82) is 0 Å². The maximum atomic E-state index is 12.8. The number of allylic oxidation sites excluding steroid dienone is 1. The van der Waals surface area contributed by atoms with Crippen LogP contribution in [0.15, 0.2) is 52.5 Å². The summed E-state index contributed by atoms with van der Waals surface area (Å²) in [6.45, 7) is 13.9. The van der Waals surface area contributed by atoms with E-state index in [9.17, 15) is 9.59 Å². The number of nitrogens with one attached hydrogen (secondary N) is 1. The molecule has 8 nitrogen and oxygen atoms in total. The van der Waals surface area contributed by atoms with Gasteiger partial charge in [0.25, 0.3) is 0 Å². The first-order valence-corrected chi connectivity index (χ1v) is 11.8. The van der Waals surface area contributed by atoms with Gasteiger partial charge in [0.1, 0.15) is 34.7 Å². The van der Waals surface area contributed by atoms with E-state index in [1.165, 1.54) is 14.0 Å². The van der Waals surface area contributed by atoms with Gasteiger partial charge < -0.3 is 24.3 Å². The molecule has 0 fully saturated rings. The molecular formula is C26H36N2O6S. The summed E-state index contributed by atoms with van der Waals surface area (Å²) in [5.41, 5.74) is 1.19. The SMILES string of the molecule is C=N/C(C(=S)N[C@@H](C)C(=O)O[C@@H](C)[C@@H](CCC)Oc1ccc(C)cc1)=C(OC(C)=O)\C(=C/C)OC. The van der Waals surface area contributed by atoms with E-state index in [0.29, 0.717) is 12.2 Å². The first-order valence-electron chi connectivity index (χ1n) is 11.4. The average molecular weight is 505 g/mol. The number of rotatable bonds is 13. The molecule has 0 aliphatic carbocycles. The average Bonchev–Trinajstić information content (AvgIpc) is 2.80. The minimum atomic E-state index is -0.821. The molecule has 0 aliphatic heterocycles. The molecule has 0 aromatic heterocycles. The van der Waals surface area contributed by atoms with Crippen LogP contribution >= 0.6 is 12.2 Å². The predicted molar refractivity (Wildman–Crippen MR) is 140 cm³/mol. The zero-order valence-electron chi connectivity index (χ0n) is 21.5. The van der Waals surface area contributed by atoms with E-state index in [1.54, 1.807) is 26.8 Å². The Morgan fingerprint density at radius 2 is 1.86 bits per heavy atom. The summed E-state index contributed by atoms with van der Waals surface area (Å²) in [6, 6.07) is 6.90. The number of ether oxygens (including phenoxy) is 4. The van der Waals surface area contributed by atoms with Crippen LogP contribution in [-0.4, -0.2) is 49.0 Å². The first-order chi connectivity index (χ1) is 16.6. The van der Waals surface area contributed by atoms with Crippen LogP contribution in [-0.2, 0) is 23.8 Å². The number of carbonyl (C=O) groups excluding carboxylic acids is 2. The van der Waals surface area contributed by atoms with Crippen LogP contribution in [0, 0.1) is 6.92 Å². The van der Waals surface area contributed by atoms with Crippen molar-refractivity contribution in [3.8, 4) is 5.75 Å².